The van der Waals surface area contributed by atoms with Gasteiger partial charge >= 0.3 is 0 Å². The van der Waals surface area contributed by atoms with Gasteiger partial charge in [-0.15, -0.1) is 0 Å². The van der Waals surface area contributed by atoms with Gasteiger partial charge < -0.3 is 10.1 Å². The minimum absolute atomic E-state index is 0.0238. The zero-order chi connectivity index (χ0) is 18.4. The fraction of sp³-hybridized carbons (Fsp3) is 0.429. The van der Waals surface area contributed by atoms with Gasteiger partial charge in [0.15, 0.2) is 0 Å². The molecule has 0 aliphatic carbocycles. The highest BCUT2D eigenvalue weighted by Gasteiger charge is 2.22. The number of pyridine rings is 1. The number of amides is 1. The van der Waals surface area contributed by atoms with E-state index in [4.69, 9.17) is 4.74 Å². The molecule has 3 rings (SSSR count). The normalized spacial score (nSPS) is 16.8. The molecule has 0 bridgehead atoms. The second-order valence-electron chi connectivity index (χ2n) is 6.98. The first-order valence-electron chi connectivity index (χ1n) is 9.25. The first-order valence-corrected chi connectivity index (χ1v) is 9.25. The van der Waals surface area contributed by atoms with Crippen LogP contribution in [0.3, 0.4) is 0 Å². The van der Waals surface area contributed by atoms with Crippen molar-refractivity contribution in [1.29, 1.82) is 0 Å². The summed E-state index contributed by atoms with van der Waals surface area (Å²) in [4.78, 5) is 18.5. The van der Waals surface area contributed by atoms with Crippen LogP contribution in [0.5, 0.6) is 5.75 Å². The largest absolute Gasteiger partial charge is 0.490 e. The number of piperidine rings is 1. The lowest BCUT2D eigenvalue weighted by atomic mass is 10.1. The molecule has 1 aliphatic heterocycles. The molecular weight excluding hydrogens is 326 g/mol. The number of nitrogens with zero attached hydrogens (tertiary/aromatic N) is 2. The van der Waals surface area contributed by atoms with Crippen LogP contribution >= 0.6 is 0 Å². The van der Waals surface area contributed by atoms with E-state index < -0.39 is 0 Å². The molecule has 138 valence electrons. The predicted molar refractivity (Wildman–Crippen MR) is 102 cm³/mol. The van der Waals surface area contributed by atoms with E-state index in [0.717, 1.165) is 37.2 Å². The Morgan fingerprint density at radius 1 is 1.19 bits per heavy atom. The highest BCUT2D eigenvalue weighted by molar-refractivity contribution is 5.78. The number of carbonyl (C=O) groups is 1. The Labute approximate surface area is 155 Å². The summed E-state index contributed by atoms with van der Waals surface area (Å²) in [7, 11) is 0. The van der Waals surface area contributed by atoms with Crippen molar-refractivity contribution in [2.45, 2.75) is 38.8 Å². The lowest BCUT2D eigenvalue weighted by Gasteiger charge is -2.32. The summed E-state index contributed by atoms with van der Waals surface area (Å²) in [5.74, 6) is 0.940. The number of likely N-dealkylation sites (tertiary alicyclic amines) is 1. The maximum absolute atomic E-state index is 12.3. The molecule has 1 aliphatic rings. The molecule has 1 saturated heterocycles. The second kappa shape index (κ2) is 8.81. The van der Waals surface area contributed by atoms with Gasteiger partial charge in [0.25, 0.3) is 0 Å². The zero-order valence-corrected chi connectivity index (χ0v) is 15.5. The van der Waals surface area contributed by atoms with Crippen LogP contribution in [0.1, 0.15) is 36.9 Å². The Morgan fingerprint density at radius 2 is 1.85 bits per heavy atom. The van der Waals surface area contributed by atoms with Crippen molar-refractivity contribution in [2.24, 2.45) is 0 Å². The molecule has 0 saturated carbocycles. The third kappa shape index (κ3) is 5.30. The van der Waals surface area contributed by atoms with Gasteiger partial charge in [0.05, 0.1) is 12.6 Å². The highest BCUT2D eigenvalue weighted by atomic mass is 16.5. The molecule has 1 unspecified atom stereocenters. The quantitative estimate of drug-likeness (QED) is 0.867. The number of benzene rings is 1. The molecule has 0 spiro atoms. The average Bonchev–Trinajstić information content (AvgIpc) is 2.64. The Balaban J connectivity index is 1.41. The summed E-state index contributed by atoms with van der Waals surface area (Å²) >= 11 is 0. The van der Waals surface area contributed by atoms with Crippen molar-refractivity contribution in [2.75, 3.05) is 19.6 Å². The van der Waals surface area contributed by atoms with Crippen LogP contribution in [0.15, 0.2) is 48.8 Å². The van der Waals surface area contributed by atoms with Gasteiger partial charge in [0.2, 0.25) is 5.91 Å². The molecule has 2 aromatic rings. The van der Waals surface area contributed by atoms with Crippen molar-refractivity contribution in [1.82, 2.24) is 15.2 Å². The molecule has 1 atom stereocenters. The van der Waals surface area contributed by atoms with Gasteiger partial charge in [-0.2, -0.15) is 0 Å². The van der Waals surface area contributed by atoms with Crippen LogP contribution in [-0.2, 0) is 4.79 Å². The molecule has 2 heterocycles. The van der Waals surface area contributed by atoms with E-state index in [0.29, 0.717) is 6.54 Å². The minimum Gasteiger partial charge on any atom is -0.490 e. The summed E-state index contributed by atoms with van der Waals surface area (Å²) < 4.78 is 5.97. The van der Waals surface area contributed by atoms with Crippen LogP contribution < -0.4 is 10.1 Å². The van der Waals surface area contributed by atoms with Gasteiger partial charge in [-0.05, 0) is 44.4 Å². The van der Waals surface area contributed by atoms with Gasteiger partial charge in [0.1, 0.15) is 11.9 Å². The van der Waals surface area contributed by atoms with Crippen LogP contribution in [-0.4, -0.2) is 41.5 Å². The molecule has 26 heavy (non-hydrogen) atoms. The second-order valence-corrected chi connectivity index (χ2v) is 6.98. The fourth-order valence-corrected chi connectivity index (χ4v) is 3.22. The van der Waals surface area contributed by atoms with Crippen molar-refractivity contribution in [3.63, 3.8) is 0 Å². The summed E-state index contributed by atoms with van der Waals surface area (Å²) in [5, 5.41) is 3.10. The lowest BCUT2D eigenvalue weighted by molar-refractivity contribution is -0.123. The summed E-state index contributed by atoms with van der Waals surface area (Å²) in [6.45, 7) is 6.29. The molecule has 1 fully saturated rings. The van der Waals surface area contributed by atoms with Crippen molar-refractivity contribution in [3.8, 4) is 5.75 Å². The number of carbonyl (C=O) groups excluding carboxylic acids is 1. The number of hydrogen-bond donors (Lipinski definition) is 1. The fourth-order valence-electron chi connectivity index (χ4n) is 3.22. The monoisotopic (exact) mass is 353 g/mol. The van der Waals surface area contributed by atoms with Crippen LogP contribution in [0, 0.1) is 6.92 Å². The van der Waals surface area contributed by atoms with E-state index in [1.165, 1.54) is 5.56 Å². The van der Waals surface area contributed by atoms with Gasteiger partial charge in [0, 0.05) is 25.5 Å². The summed E-state index contributed by atoms with van der Waals surface area (Å²) in [5.41, 5.74) is 2.36. The van der Waals surface area contributed by atoms with Crippen LogP contribution in [0.25, 0.3) is 0 Å². The maximum atomic E-state index is 12.3. The van der Waals surface area contributed by atoms with Gasteiger partial charge in [-0.25, -0.2) is 0 Å². The Hall–Kier alpha value is -2.40. The van der Waals surface area contributed by atoms with E-state index in [9.17, 15) is 4.79 Å². The molecule has 5 heteroatoms. The Morgan fingerprint density at radius 3 is 2.50 bits per heavy atom. The molecule has 5 nitrogen and oxygen atoms in total. The summed E-state index contributed by atoms with van der Waals surface area (Å²) in [6.07, 6.45) is 5.56. The first-order chi connectivity index (χ1) is 12.6. The number of rotatable bonds is 6. The van der Waals surface area contributed by atoms with Crippen molar-refractivity contribution in [3.05, 3.63) is 59.9 Å². The Bertz CT molecular complexity index is 695. The maximum Gasteiger partial charge on any atom is 0.234 e. The molecule has 0 radical (unpaired) electrons. The van der Waals surface area contributed by atoms with E-state index in [1.54, 1.807) is 12.4 Å². The van der Waals surface area contributed by atoms with E-state index >= 15 is 0 Å². The van der Waals surface area contributed by atoms with Crippen LogP contribution in [0.4, 0.5) is 0 Å². The number of aromatic nitrogens is 1. The first kappa shape index (κ1) is 18.4. The number of hydrogen-bond acceptors (Lipinski definition) is 4. The highest BCUT2D eigenvalue weighted by Crippen LogP contribution is 2.18. The smallest absolute Gasteiger partial charge is 0.234 e. The predicted octanol–water partition coefficient (Wildman–Crippen LogP) is 3.11. The molecular formula is C21H27N3O2. The van der Waals surface area contributed by atoms with Crippen LogP contribution in [0.2, 0.25) is 0 Å². The topological polar surface area (TPSA) is 54.5 Å². The van der Waals surface area contributed by atoms with E-state index in [1.807, 2.05) is 19.1 Å². The standard InChI is InChI=1S/C21H27N3O2/c1-16-3-5-18(6-4-16)17(2)23-21(25)15-24-13-9-20(10-14-24)26-19-7-11-22-12-8-19/h3-8,11-12,17,20H,9-10,13-15H2,1-2H3,(H,23,25). The Kier molecular flexibility index (Phi) is 6.23. The number of ether oxygens (including phenoxy) is 1. The molecule has 1 aromatic heterocycles. The number of aryl methyl sites for hydroxylation is 1. The molecule has 1 aromatic carbocycles. The zero-order valence-electron chi connectivity index (χ0n) is 15.5. The SMILES string of the molecule is Cc1ccc(C(C)NC(=O)CN2CCC(Oc3ccncc3)CC2)cc1. The third-order valence-corrected chi connectivity index (χ3v) is 4.81. The van der Waals surface area contributed by atoms with Gasteiger partial charge in [-0.1, -0.05) is 29.8 Å². The number of nitrogens with one attached hydrogen (secondary N) is 1. The third-order valence-electron chi connectivity index (χ3n) is 4.81. The van der Waals surface area contributed by atoms with Crippen molar-refractivity contribution < 1.29 is 9.53 Å². The lowest BCUT2D eigenvalue weighted by Crippen LogP contribution is -2.44. The minimum atomic E-state index is 0.0238. The van der Waals surface area contributed by atoms with Crippen molar-refractivity contribution >= 4 is 5.91 Å². The summed E-state index contributed by atoms with van der Waals surface area (Å²) in [6, 6.07) is 12.1. The van der Waals surface area contributed by atoms with E-state index in [-0.39, 0.29) is 18.1 Å². The van der Waals surface area contributed by atoms with Gasteiger partial charge in [-0.3, -0.25) is 14.7 Å². The molecule has 1 N–H and O–H groups in total. The average molecular weight is 353 g/mol. The molecule has 1 amide bonds. The van der Waals surface area contributed by atoms with E-state index in [2.05, 4.69) is 46.4 Å².